The molecular weight excluding hydrogens is 246 g/mol. The highest BCUT2D eigenvalue weighted by Gasteiger charge is 2.34. The second-order valence-electron chi connectivity index (χ2n) is 3.71. The Labute approximate surface area is 116 Å². The largest absolute Gasteiger partial charge is 0.371 e. The van der Waals surface area contributed by atoms with Crippen molar-refractivity contribution in [1.82, 2.24) is 10.2 Å². The molecule has 4 heteroatoms. The number of hydrogen-bond donors (Lipinski definition) is 1. The fourth-order valence-corrected chi connectivity index (χ4v) is 1.97. The van der Waals surface area contributed by atoms with Gasteiger partial charge >= 0.3 is 0 Å². The van der Waals surface area contributed by atoms with Crippen molar-refractivity contribution in [2.75, 3.05) is 13.1 Å². The molecule has 0 aromatic carbocycles. The van der Waals surface area contributed by atoms with Crippen LogP contribution in [0.25, 0.3) is 0 Å². The third-order valence-corrected chi connectivity index (χ3v) is 3.17. The average Bonchev–Trinajstić information content (AvgIpc) is 2.38. The van der Waals surface area contributed by atoms with Crippen molar-refractivity contribution in [1.29, 1.82) is 5.26 Å². The van der Waals surface area contributed by atoms with Crippen LogP contribution in [0.1, 0.15) is 34.6 Å². The van der Waals surface area contributed by atoms with Crippen LogP contribution in [0, 0.1) is 17.2 Å². The zero-order valence-corrected chi connectivity index (χ0v) is 12.8. The van der Waals surface area contributed by atoms with Crippen LogP contribution in [-0.4, -0.2) is 24.2 Å². The second-order valence-corrected chi connectivity index (χ2v) is 4.12. The number of nitrogens with one attached hydrogen (secondary N) is 1. The first-order valence-electron chi connectivity index (χ1n) is 6.65. The Morgan fingerprint density at radius 3 is 2.39 bits per heavy atom. The Hall–Kier alpha value is -0.980. The van der Waals surface area contributed by atoms with E-state index in [-0.39, 0.29) is 12.1 Å². The van der Waals surface area contributed by atoms with Gasteiger partial charge in [-0.1, -0.05) is 39.3 Å². The minimum Gasteiger partial charge on any atom is -0.371 e. The van der Waals surface area contributed by atoms with Gasteiger partial charge in [-0.3, -0.25) is 4.90 Å². The molecule has 18 heavy (non-hydrogen) atoms. The van der Waals surface area contributed by atoms with Crippen molar-refractivity contribution < 1.29 is 0 Å². The summed E-state index contributed by atoms with van der Waals surface area (Å²) in [6.07, 6.45) is 3.94. The van der Waals surface area contributed by atoms with Gasteiger partial charge in [0.1, 0.15) is 6.17 Å². The van der Waals surface area contributed by atoms with E-state index >= 15 is 0 Å². The van der Waals surface area contributed by atoms with Gasteiger partial charge in [0.15, 0.2) is 0 Å². The molecule has 1 fully saturated rings. The third-order valence-electron chi connectivity index (χ3n) is 2.66. The molecule has 102 valence electrons. The molecule has 2 aliphatic heterocycles. The van der Waals surface area contributed by atoms with Crippen LogP contribution in [-0.2, 0) is 0 Å². The summed E-state index contributed by atoms with van der Waals surface area (Å²) in [4.78, 5) is 2.17. The Morgan fingerprint density at radius 1 is 1.33 bits per heavy atom. The van der Waals surface area contributed by atoms with E-state index in [1.807, 2.05) is 46.9 Å². The van der Waals surface area contributed by atoms with Gasteiger partial charge in [-0.25, -0.2) is 0 Å². The number of likely N-dealkylation sites (tertiary alicyclic amines) is 1. The highest BCUT2D eigenvalue weighted by Crippen LogP contribution is 2.26. The molecule has 0 saturated carbocycles. The summed E-state index contributed by atoms with van der Waals surface area (Å²) in [5, 5.41) is 12.7. The predicted molar refractivity (Wildman–Crippen MR) is 78.0 cm³/mol. The van der Waals surface area contributed by atoms with Crippen LogP contribution in [0.15, 0.2) is 22.9 Å². The van der Waals surface area contributed by atoms with E-state index in [1.54, 1.807) is 0 Å². The van der Waals surface area contributed by atoms with Gasteiger partial charge in [0, 0.05) is 13.1 Å². The van der Waals surface area contributed by atoms with Crippen molar-refractivity contribution in [2.45, 2.75) is 40.8 Å². The fourth-order valence-electron chi connectivity index (χ4n) is 1.70. The molecule has 0 spiro atoms. The summed E-state index contributed by atoms with van der Waals surface area (Å²) in [5.41, 5.74) is 1.09. The van der Waals surface area contributed by atoms with Crippen molar-refractivity contribution in [3.05, 3.63) is 22.9 Å². The van der Waals surface area contributed by atoms with Gasteiger partial charge in [0.05, 0.1) is 17.0 Å². The van der Waals surface area contributed by atoms with Crippen LogP contribution >= 0.6 is 11.6 Å². The lowest BCUT2D eigenvalue weighted by Gasteiger charge is -2.42. The predicted octanol–water partition coefficient (Wildman–Crippen LogP) is 3.45. The normalized spacial score (nSPS) is 22.6. The first kappa shape index (κ1) is 17.0. The molecule has 1 atom stereocenters. The summed E-state index contributed by atoms with van der Waals surface area (Å²) >= 11 is 6.17. The van der Waals surface area contributed by atoms with Crippen molar-refractivity contribution in [3.63, 3.8) is 0 Å². The first-order valence-corrected chi connectivity index (χ1v) is 7.02. The van der Waals surface area contributed by atoms with Gasteiger partial charge < -0.3 is 5.32 Å². The molecule has 0 bridgehead atoms. The summed E-state index contributed by atoms with van der Waals surface area (Å²) < 4.78 is 0. The number of nitrogens with zero attached hydrogens (tertiary/aromatic N) is 2. The minimum absolute atomic E-state index is 0.0752. The maximum atomic E-state index is 8.66. The van der Waals surface area contributed by atoms with Gasteiger partial charge in [0.2, 0.25) is 0 Å². The molecule has 1 saturated heterocycles. The Morgan fingerprint density at radius 2 is 1.89 bits per heavy atom. The van der Waals surface area contributed by atoms with Gasteiger partial charge in [0.25, 0.3) is 0 Å². The van der Waals surface area contributed by atoms with E-state index in [4.69, 9.17) is 16.9 Å². The summed E-state index contributed by atoms with van der Waals surface area (Å²) in [5.74, 6) is 0.174. The van der Waals surface area contributed by atoms with Crippen molar-refractivity contribution in [2.24, 2.45) is 5.92 Å². The SMILES string of the molecule is CC.CC.CC1=C(Cl)C(N2CC(C#N)C2)NC=C1. The molecular formula is C14H24ClN3. The molecule has 2 rings (SSSR count). The lowest BCUT2D eigenvalue weighted by atomic mass is 10.00. The second kappa shape index (κ2) is 9.02. The van der Waals surface area contributed by atoms with E-state index < -0.39 is 0 Å². The van der Waals surface area contributed by atoms with E-state index in [2.05, 4.69) is 16.3 Å². The van der Waals surface area contributed by atoms with Crippen molar-refractivity contribution in [3.8, 4) is 6.07 Å². The average molecular weight is 270 g/mol. The van der Waals surface area contributed by atoms with E-state index in [1.165, 1.54) is 0 Å². The maximum absolute atomic E-state index is 8.66. The standard InChI is InChI=1S/C10H12ClN3.2C2H6/c1-7-2-3-13-10(9(7)11)14-5-8(4-12)6-14;2*1-2/h2-3,8,10,13H,5-6H2,1H3;2*1-2H3. The molecule has 0 amide bonds. The van der Waals surface area contributed by atoms with Gasteiger partial charge in [-0.05, 0) is 24.8 Å². The molecule has 0 aromatic rings. The summed E-state index contributed by atoms with van der Waals surface area (Å²) in [6, 6.07) is 2.25. The highest BCUT2D eigenvalue weighted by molar-refractivity contribution is 6.30. The summed E-state index contributed by atoms with van der Waals surface area (Å²) in [6.45, 7) is 11.6. The smallest absolute Gasteiger partial charge is 0.116 e. The minimum atomic E-state index is 0.0752. The first-order chi connectivity index (χ1) is 8.72. The van der Waals surface area contributed by atoms with Crippen molar-refractivity contribution >= 4 is 11.6 Å². The molecule has 0 aliphatic carbocycles. The lowest BCUT2D eigenvalue weighted by Crippen LogP contribution is -2.56. The van der Waals surface area contributed by atoms with E-state index in [9.17, 15) is 0 Å². The molecule has 3 nitrogen and oxygen atoms in total. The fraction of sp³-hybridized carbons (Fsp3) is 0.643. The van der Waals surface area contributed by atoms with Crippen LogP contribution in [0.2, 0.25) is 0 Å². The van der Waals surface area contributed by atoms with Crippen LogP contribution in [0.4, 0.5) is 0 Å². The maximum Gasteiger partial charge on any atom is 0.116 e. The topological polar surface area (TPSA) is 39.1 Å². The Bertz CT molecular complexity index is 335. The number of nitriles is 1. The van der Waals surface area contributed by atoms with Gasteiger partial charge in [-0.2, -0.15) is 5.26 Å². The Balaban J connectivity index is 0.000000659. The van der Waals surface area contributed by atoms with Crippen LogP contribution in [0.5, 0.6) is 0 Å². The number of dihydropyridines is 1. The highest BCUT2D eigenvalue weighted by atomic mass is 35.5. The quantitative estimate of drug-likeness (QED) is 0.792. The van der Waals surface area contributed by atoms with Gasteiger partial charge in [-0.15, -0.1) is 0 Å². The Kier molecular flexibility index (Phi) is 8.53. The zero-order chi connectivity index (χ0) is 14.1. The van der Waals surface area contributed by atoms with E-state index in [0.717, 1.165) is 23.7 Å². The summed E-state index contributed by atoms with van der Waals surface area (Å²) in [7, 11) is 0. The number of halogens is 1. The van der Waals surface area contributed by atoms with E-state index in [0.29, 0.717) is 0 Å². The zero-order valence-electron chi connectivity index (χ0n) is 12.0. The molecule has 2 heterocycles. The number of rotatable bonds is 1. The molecule has 2 aliphatic rings. The number of hydrogen-bond acceptors (Lipinski definition) is 3. The molecule has 0 aromatic heterocycles. The third kappa shape index (κ3) is 4.04. The van der Waals surface area contributed by atoms with Crippen LogP contribution < -0.4 is 5.32 Å². The lowest BCUT2D eigenvalue weighted by molar-refractivity contribution is 0.0896. The molecule has 1 unspecified atom stereocenters. The molecule has 1 N–H and O–H groups in total. The number of allylic oxidation sites excluding steroid dienone is 2. The van der Waals surface area contributed by atoms with Crippen LogP contribution in [0.3, 0.4) is 0 Å². The molecule has 0 radical (unpaired) electrons. The monoisotopic (exact) mass is 269 g/mol.